The molecule has 0 unspecified atom stereocenters. The lowest BCUT2D eigenvalue weighted by Crippen LogP contribution is -2.60. The molecule has 0 aromatic heterocycles. The van der Waals surface area contributed by atoms with Crippen LogP contribution in [0.3, 0.4) is 0 Å². The highest BCUT2D eigenvalue weighted by Gasteiger charge is 2.63. The van der Waals surface area contributed by atoms with Crippen molar-refractivity contribution in [1.82, 2.24) is 0 Å². The molecule has 2 spiro atoms. The number of carbonyl (C=O) groups excluding carboxylic acids is 1. The molecule has 0 aliphatic heterocycles. The molecule has 0 saturated heterocycles. The molecular weight excluding hydrogens is 424 g/mol. The molecule has 200 valence electrons. The van der Waals surface area contributed by atoms with Crippen molar-refractivity contribution in [1.29, 1.82) is 0 Å². The summed E-state index contributed by atoms with van der Waals surface area (Å²) in [5, 5.41) is 0. The lowest BCUT2D eigenvalue weighted by Gasteiger charge is -2.60. The molecule has 35 heavy (non-hydrogen) atoms. The second-order valence-electron chi connectivity index (χ2n) is 14.6. The van der Waals surface area contributed by atoms with Crippen LogP contribution < -0.4 is 0 Å². The van der Waals surface area contributed by atoms with Crippen molar-refractivity contribution in [2.24, 2.45) is 46.3 Å². The maximum absolute atomic E-state index is 13.8. The summed E-state index contributed by atoms with van der Waals surface area (Å²) < 4.78 is 0. The summed E-state index contributed by atoms with van der Waals surface area (Å²) in [6.45, 7) is 4.67. The van der Waals surface area contributed by atoms with E-state index in [9.17, 15) is 4.79 Å². The molecule has 0 radical (unpaired) electrons. The molecule has 0 heterocycles. The molecule has 0 aromatic rings. The Bertz CT molecular complexity index is 661. The van der Waals surface area contributed by atoms with Crippen LogP contribution in [0.4, 0.5) is 0 Å². The molecule has 1 heteroatoms. The van der Waals surface area contributed by atoms with Crippen LogP contribution >= 0.6 is 0 Å². The monoisotopic (exact) mass is 482 g/mol. The molecule has 5 saturated carbocycles. The standard InChI is InChI=1S/C34H58O/c1-3-5-6-8-27-11-15-29(16-12-27)31-19-23-34(24-20-31)25-33(32(34)35)21-17-30(18-22-33)28-13-9-26(7-4-2)10-14-28/h26-31H,3-25H2,1-2H3/t26-,27-,28-,29-,30?,31?,33?,34?. The van der Waals surface area contributed by atoms with Crippen molar-refractivity contribution >= 4 is 5.78 Å². The summed E-state index contributed by atoms with van der Waals surface area (Å²) >= 11 is 0. The van der Waals surface area contributed by atoms with Crippen molar-refractivity contribution in [2.75, 3.05) is 0 Å². The van der Waals surface area contributed by atoms with Crippen molar-refractivity contribution in [3.8, 4) is 0 Å². The molecule has 5 rings (SSSR count). The van der Waals surface area contributed by atoms with Gasteiger partial charge in [0.2, 0.25) is 0 Å². The van der Waals surface area contributed by atoms with E-state index in [-0.39, 0.29) is 10.8 Å². The van der Waals surface area contributed by atoms with Crippen molar-refractivity contribution in [2.45, 2.75) is 162 Å². The van der Waals surface area contributed by atoms with E-state index < -0.39 is 0 Å². The smallest absolute Gasteiger partial charge is 0.145 e. The molecule has 0 aromatic carbocycles. The summed E-state index contributed by atoms with van der Waals surface area (Å²) in [6.07, 6.45) is 32.3. The highest BCUT2D eigenvalue weighted by molar-refractivity contribution is 5.96. The summed E-state index contributed by atoms with van der Waals surface area (Å²) in [5.41, 5.74) is 0.276. The van der Waals surface area contributed by atoms with Gasteiger partial charge >= 0.3 is 0 Å². The largest absolute Gasteiger partial charge is 0.298 e. The van der Waals surface area contributed by atoms with Crippen LogP contribution in [0.25, 0.3) is 0 Å². The van der Waals surface area contributed by atoms with E-state index in [2.05, 4.69) is 13.8 Å². The molecule has 0 N–H and O–H groups in total. The number of unbranched alkanes of at least 4 members (excludes halogenated alkanes) is 2. The van der Waals surface area contributed by atoms with E-state index in [4.69, 9.17) is 0 Å². The Morgan fingerprint density at radius 2 is 0.971 bits per heavy atom. The van der Waals surface area contributed by atoms with Gasteiger partial charge in [0.05, 0.1) is 0 Å². The number of carbonyl (C=O) groups is 1. The minimum absolute atomic E-state index is 0.138. The molecular formula is C34H58O. The molecule has 5 aliphatic rings. The molecule has 5 aliphatic carbocycles. The first-order chi connectivity index (χ1) is 17.1. The maximum Gasteiger partial charge on any atom is 0.145 e. The fourth-order valence-corrected chi connectivity index (χ4v) is 10.4. The Kier molecular flexibility index (Phi) is 8.71. The van der Waals surface area contributed by atoms with Crippen LogP contribution in [-0.2, 0) is 4.79 Å². The number of Topliss-reactive ketones (excluding diaryl/α,β-unsaturated/α-hetero) is 1. The fraction of sp³-hybridized carbons (Fsp3) is 0.971. The molecule has 0 atom stereocenters. The van der Waals surface area contributed by atoms with Crippen LogP contribution in [0.2, 0.25) is 0 Å². The third-order valence-corrected chi connectivity index (χ3v) is 12.6. The maximum atomic E-state index is 13.8. The van der Waals surface area contributed by atoms with Crippen molar-refractivity contribution < 1.29 is 4.79 Å². The Morgan fingerprint density at radius 1 is 0.543 bits per heavy atom. The van der Waals surface area contributed by atoms with Gasteiger partial charge in [0.15, 0.2) is 0 Å². The zero-order chi connectivity index (χ0) is 24.3. The summed E-state index contributed by atoms with van der Waals surface area (Å²) in [4.78, 5) is 13.8. The van der Waals surface area contributed by atoms with E-state index in [0.29, 0.717) is 0 Å². The van der Waals surface area contributed by atoms with E-state index >= 15 is 0 Å². The highest BCUT2D eigenvalue weighted by atomic mass is 16.1. The van der Waals surface area contributed by atoms with Crippen LogP contribution in [0.15, 0.2) is 0 Å². The van der Waals surface area contributed by atoms with Gasteiger partial charge in [0, 0.05) is 10.8 Å². The van der Waals surface area contributed by atoms with Gasteiger partial charge in [-0.05, 0) is 119 Å². The third-order valence-electron chi connectivity index (χ3n) is 12.6. The average molecular weight is 483 g/mol. The highest BCUT2D eigenvalue weighted by Crippen LogP contribution is 2.65. The summed E-state index contributed by atoms with van der Waals surface area (Å²) in [5.74, 6) is 6.68. The first-order valence-electron chi connectivity index (χ1n) is 16.6. The van der Waals surface area contributed by atoms with Gasteiger partial charge in [-0.25, -0.2) is 0 Å². The van der Waals surface area contributed by atoms with Gasteiger partial charge in [0.1, 0.15) is 5.78 Å². The minimum atomic E-state index is 0.138. The summed E-state index contributed by atoms with van der Waals surface area (Å²) in [6, 6.07) is 0. The molecule has 5 fully saturated rings. The normalized spacial score (nSPS) is 44.5. The first kappa shape index (κ1) is 26.3. The number of hydrogen-bond acceptors (Lipinski definition) is 1. The molecule has 1 nitrogen and oxygen atoms in total. The van der Waals surface area contributed by atoms with Crippen LogP contribution in [-0.4, -0.2) is 5.78 Å². The van der Waals surface area contributed by atoms with Gasteiger partial charge in [-0.15, -0.1) is 0 Å². The number of ketones is 1. The van der Waals surface area contributed by atoms with Crippen molar-refractivity contribution in [3.05, 3.63) is 0 Å². The molecule has 0 amide bonds. The predicted molar refractivity (Wildman–Crippen MR) is 148 cm³/mol. The zero-order valence-corrected chi connectivity index (χ0v) is 23.6. The van der Waals surface area contributed by atoms with Gasteiger partial charge in [-0.3, -0.25) is 4.79 Å². The Morgan fingerprint density at radius 3 is 1.37 bits per heavy atom. The Labute approximate surface area is 218 Å². The van der Waals surface area contributed by atoms with Gasteiger partial charge in [0.25, 0.3) is 0 Å². The Balaban J connectivity index is 1.03. The lowest BCUT2D eigenvalue weighted by atomic mass is 9.42. The number of hydrogen-bond donors (Lipinski definition) is 0. The quantitative estimate of drug-likeness (QED) is 0.314. The topological polar surface area (TPSA) is 17.1 Å². The van der Waals surface area contributed by atoms with Gasteiger partial charge < -0.3 is 0 Å². The Hall–Kier alpha value is -0.330. The van der Waals surface area contributed by atoms with Crippen molar-refractivity contribution in [3.63, 3.8) is 0 Å². The predicted octanol–water partition coefficient (Wildman–Crippen LogP) is 10.3. The van der Waals surface area contributed by atoms with Gasteiger partial charge in [-0.2, -0.15) is 0 Å². The van der Waals surface area contributed by atoms with E-state index in [1.165, 1.54) is 148 Å². The fourth-order valence-electron chi connectivity index (χ4n) is 10.4. The van der Waals surface area contributed by atoms with E-state index in [0.717, 1.165) is 41.3 Å². The number of rotatable bonds is 8. The zero-order valence-electron chi connectivity index (χ0n) is 23.6. The summed E-state index contributed by atoms with van der Waals surface area (Å²) in [7, 11) is 0. The first-order valence-corrected chi connectivity index (χ1v) is 16.6. The SMILES string of the molecule is CCCCC[C@H]1CC[C@H](C2CCC3(CC2)CC2(CCC([C@H]4CC[C@H](CCC)CC4)CC2)C3=O)CC1. The van der Waals surface area contributed by atoms with Crippen LogP contribution in [0.1, 0.15) is 162 Å². The van der Waals surface area contributed by atoms with Crippen LogP contribution in [0.5, 0.6) is 0 Å². The third kappa shape index (κ3) is 5.60. The lowest BCUT2D eigenvalue weighted by molar-refractivity contribution is -0.170. The molecule has 0 bridgehead atoms. The second-order valence-corrected chi connectivity index (χ2v) is 14.6. The minimum Gasteiger partial charge on any atom is -0.298 e. The average Bonchev–Trinajstić information content (AvgIpc) is 2.91. The second kappa shape index (κ2) is 11.6. The van der Waals surface area contributed by atoms with Gasteiger partial charge in [-0.1, -0.05) is 78.1 Å². The van der Waals surface area contributed by atoms with E-state index in [1.807, 2.05) is 0 Å². The van der Waals surface area contributed by atoms with E-state index in [1.54, 1.807) is 0 Å². The van der Waals surface area contributed by atoms with Crippen LogP contribution in [0, 0.1) is 46.3 Å².